The molecule has 0 aliphatic rings. The Morgan fingerprint density at radius 2 is 1.47 bits per heavy atom. The minimum absolute atomic E-state index is 0.0262. The van der Waals surface area contributed by atoms with Gasteiger partial charge < -0.3 is 4.57 Å². The fourth-order valence-corrected chi connectivity index (χ4v) is 4.80. The Labute approximate surface area is 207 Å². The molecule has 0 saturated heterocycles. The first-order chi connectivity index (χ1) is 16.3. The van der Waals surface area contributed by atoms with Gasteiger partial charge in [0.2, 0.25) is 0 Å². The number of carbonyl (C=O) groups is 2. The Morgan fingerprint density at radius 1 is 0.853 bits per heavy atom. The number of carbonyl (C=O) groups excluding carboxylic acids is 2. The van der Waals surface area contributed by atoms with E-state index in [1.807, 2.05) is 61.5 Å². The summed E-state index contributed by atoms with van der Waals surface area (Å²) in [6.45, 7) is 9.12. The summed E-state index contributed by atoms with van der Waals surface area (Å²) in [5.41, 5.74) is 5.41. The van der Waals surface area contributed by atoms with Gasteiger partial charge in [-0.2, -0.15) is 12.6 Å². The number of ketones is 2. The second kappa shape index (κ2) is 9.79. The highest BCUT2D eigenvalue weighted by Gasteiger charge is 2.23. The fourth-order valence-electron chi connectivity index (χ4n) is 4.66. The summed E-state index contributed by atoms with van der Waals surface area (Å²) < 4.78 is 1.92. The van der Waals surface area contributed by atoms with Crippen LogP contribution in [0.3, 0.4) is 0 Å². The van der Waals surface area contributed by atoms with Crippen LogP contribution in [-0.4, -0.2) is 20.9 Å². The van der Waals surface area contributed by atoms with E-state index in [-0.39, 0.29) is 16.3 Å². The van der Waals surface area contributed by atoms with Crippen molar-refractivity contribution in [1.82, 2.24) is 4.57 Å². The molecule has 3 nitrogen and oxygen atoms in total. The molecule has 1 heterocycles. The van der Waals surface area contributed by atoms with Crippen LogP contribution >= 0.6 is 12.6 Å². The predicted molar refractivity (Wildman–Crippen MR) is 146 cm³/mol. The van der Waals surface area contributed by atoms with Gasteiger partial charge in [-0.25, -0.2) is 0 Å². The van der Waals surface area contributed by atoms with Crippen molar-refractivity contribution in [2.45, 2.75) is 64.7 Å². The molecule has 0 aliphatic carbocycles. The van der Waals surface area contributed by atoms with E-state index in [2.05, 4.69) is 44.0 Å². The quantitative estimate of drug-likeness (QED) is 0.201. The smallest absolute Gasteiger partial charge is 0.193 e. The van der Waals surface area contributed by atoms with E-state index < -0.39 is 0 Å². The predicted octanol–water partition coefficient (Wildman–Crippen LogP) is 7.67. The van der Waals surface area contributed by atoms with Crippen molar-refractivity contribution in [2.24, 2.45) is 0 Å². The van der Waals surface area contributed by atoms with Gasteiger partial charge in [0.25, 0.3) is 0 Å². The Bertz CT molecular complexity index is 1380. The lowest BCUT2D eigenvalue weighted by atomic mass is 9.95. The third-order valence-corrected chi connectivity index (χ3v) is 7.27. The van der Waals surface area contributed by atoms with Crippen LogP contribution in [-0.2, 0) is 13.0 Å². The van der Waals surface area contributed by atoms with Gasteiger partial charge in [-0.3, -0.25) is 9.59 Å². The van der Waals surface area contributed by atoms with Crippen LogP contribution in [0, 0.1) is 0 Å². The molecule has 4 heteroatoms. The van der Waals surface area contributed by atoms with Gasteiger partial charge >= 0.3 is 0 Å². The molecule has 0 bridgehead atoms. The molecule has 1 unspecified atom stereocenters. The van der Waals surface area contributed by atoms with Crippen LogP contribution < -0.4 is 0 Å². The second-order valence-corrected chi connectivity index (χ2v) is 10.5. The molecule has 1 atom stereocenters. The molecule has 0 amide bonds. The molecule has 0 radical (unpaired) electrons. The molecule has 3 aromatic carbocycles. The van der Waals surface area contributed by atoms with Gasteiger partial charge in [-0.1, -0.05) is 45.4 Å². The van der Waals surface area contributed by atoms with Crippen molar-refractivity contribution in [2.75, 3.05) is 0 Å². The van der Waals surface area contributed by atoms with Gasteiger partial charge in [0.1, 0.15) is 0 Å². The summed E-state index contributed by atoms with van der Waals surface area (Å²) in [4.78, 5) is 26.4. The standard InChI is InChI=1S/C30H33NO2S/c1-5-9-20-10-8-11-22(16-20)29(33)23-13-15-27-25(18-23)24-17-21(12-14-26(24)31(27)7-3)28(32)19-30(4,34)6-2/h8,10-18,34H,5-7,9,19H2,1-4H3. The summed E-state index contributed by atoms with van der Waals surface area (Å²) in [6.07, 6.45) is 3.22. The average molecular weight is 472 g/mol. The highest BCUT2D eigenvalue weighted by Crippen LogP contribution is 2.32. The maximum atomic E-state index is 13.4. The van der Waals surface area contributed by atoms with Gasteiger partial charge in [0.15, 0.2) is 11.6 Å². The maximum Gasteiger partial charge on any atom is 0.193 e. The first-order valence-corrected chi connectivity index (χ1v) is 12.7. The normalized spacial score (nSPS) is 13.3. The molecular weight excluding hydrogens is 438 g/mol. The van der Waals surface area contributed by atoms with E-state index in [4.69, 9.17) is 0 Å². The molecule has 0 spiro atoms. The zero-order valence-corrected chi connectivity index (χ0v) is 21.4. The molecule has 0 saturated carbocycles. The molecule has 0 N–H and O–H groups in total. The Hall–Kier alpha value is -2.85. The van der Waals surface area contributed by atoms with Gasteiger partial charge in [-0.05, 0) is 67.8 Å². The number of Topliss-reactive ketones (excluding diaryl/α,β-unsaturated/α-hetero) is 1. The van der Waals surface area contributed by atoms with Crippen molar-refractivity contribution < 1.29 is 9.59 Å². The van der Waals surface area contributed by atoms with Crippen LogP contribution in [0.5, 0.6) is 0 Å². The topological polar surface area (TPSA) is 39.1 Å². The summed E-state index contributed by atoms with van der Waals surface area (Å²) in [5, 5.41) is 2.01. The first kappa shape index (κ1) is 24.3. The molecule has 0 fully saturated rings. The van der Waals surface area contributed by atoms with E-state index in [0.717, 1.165) is 47.6 Å². The van der Waals surface area contributed by atoms with E-state index in [1.54, 1.807) is 0 Å². The molecule has 1 aromatic heterocycles. The van der Waals surface area contributed by atoms with Crippen molar-refractivity contribution >= 4 is 46.0 Å². The minimum Gasteiger partial charge on any atom is -0.341 e. The molecule has 0 aliphatic heterocycles. The van der Waals surface area contributed by atoms with Crippen LogP contribution in [0.1, 0.15) is 78.8 Å². The Kier molecular flexibility index (Phi) is 6.99. The third-order valence-electron chi connectivity index (χ3n) is 6.80. The Morgan fingerprint density at radius 3 is 2.09 bits per heavy atom. The van der Waals surface area contributed by atoms with Gasteiger partial charge in [0.05, 0.1) is 0 Å². The summed E-state index contributed by atoms with van der Waals surface area (Å²) in [5.74, 6) is 0.122. The highest BCUT2D eigenvalue weighted by molar-refractivity contribution is 7.81. The zero-order valence-electron chi connectivity index (χ0n) is 20.5. The lowest BCUT2D eigenvalue weighted by Gasteiger charge is -2.20. The Balaban J connectivity index is 1.80. The number of aryl methyl sites for hydroxylation is 2. The largest absolute Gasteiger partial charge is 0.341 e. The number of aromatic nitrogens is 1. The SMILES string of the molecule is CCCc1cccc(C(=O)c2ccc3c(c2)c2cc(C(=O)CC(C)(S)CC)ccc2n3CC)c1. The zero-order chi connectivity index (χ0) is 24.5. The van der Waals surface area contributed by atoms with Gasteiger partial charge in [0, 0.05) is 56.2 Å². The molecule has 4 aromatic rings. The van der Waals surface area contributed by atoms with Crippen molar-refractivity contribution in [1.29, 1.82) is 0 Å². The summed E-state index contributed by atoms with van der Waals surface area (Å²) >= 11 is 4.66. The lowest BCUT2D eigenvalue weighted by molar-refractivity contribution is 0.0970. The van der Waals surface area contributed by atoms with Crippen LogP contribution in [0.25, 0.3) is 21.8 Å². The van der Waals surface area contributed by atoms with Crippen molar-refractivity contribution in [3.63, 3.8) is 0 Å². The van der Waals surface area contributed by atoms with E-state index in [9.17, 15) is 9.59 Å². The number of fused-ring (bicyclic) bond motifs is 3. The van der Waals surface area contributed by atoms with Crippen LogP contribution in [0.15, 0.2) is 60.7 Å². The number of thiol groups is 1. The monoisotopic (exact) mass is 471 g/mol. The first-order valence-electron chi connectivity index (χ1n) is 12.2. The number of benzene rings is 3. The van der Waals surface area contributed by atoms with Crippen LogP contribution in [0.2, 0.25) is 0 Å². The number of rotatable bonds is 9. The van der Waals surface area contributed by atoms with Crippen molar-refractivity contribution in [3.8, 4) is 0 Å². The minimum atomic E-state index is -0.324. The molecule has 176 valence electrons. The van der Waals surface area contributed by atoms with Crippen molar-refractivity contribution in [3.05, 3.63) is 82.9 Å². The van der Waals surface area contributed by atoms with E-state index in [0.29, 0.717) is 23.1 Å². The molecular formula is C30H33NO2S. The lowest BCUT2D eigenvalue weighted by Crippen LogP contribution is -2.20. The number of nitrogens with zero attached hydrogens (tertiary/aromatic N) is 1. The number of hydrogen-bond donors (Lipinski definition) is 1. The van der Waals surface area contributed by atoms with Gasteiger partial charge in [-0.15, -0.1) is 0 Å². The van der Waals surface area contributed by atoms with E-state index >= 15 is 0 Å². The third kappa shape index (κ3) is 4.69. The average Bonchev–Trinajstić information content (AvgIpc) is 3.16. The summed E-state index contributed by atoms with van der Waals surface area (Å²) in [7, 11) is 0. The van der Waals surface area contributed by atoms with E-state index in [1.165, 1.54) is 5.56 Å². The maximum absolute atomic E-state index is 13.4. The number of hydrogen-bond acceptors (Lipinski definition) is 3. The molecule has 4 rings (SSSR count). The molecule has 34 heavy (non-hydrogen) atoms. The second-order valence-electron chi connectivity index (χ2n) is 9.44. The summed E-state index contributed by atoms with van der Waals surface area (Å²) in [6, 6.07) is 19.8. The fraction of sp³-hybridized carbons (Fsp3) is 0.333. The highest BCUT2D eigenvalue weighted by atomic mass is 32.1. The van der Waals surface area contributed by atoms with Crippen LogP contribution in [0.4, 0.5) is 0 Å².